The molecule has 2 fully saturated rings. The van der Waals surface area contributed by atoms with E-state index in [1.54, 1.807) is 35.1 Å². The number of nitrogens with zero attached hydrogens (tertiary/aromatic N) is 3. The molecule has 0 saturated carbocycles. The van der Waals surface area contributed by atoms with E-state index < -0.39 is 6.10 Å². The number of fused-ring (bicyclic) bond motifs is 2. The van der Waals surface area contributed by atoms with Crippen LogP contribution in [0.25, 0.3) is 21.9 Å². The van der Waals surface area contributed by atoms with Gasteiger partial charge in [0.15, 0.2) is 6.10 Å². The molecule has 3 aromatic rings. The van der Waals surface area contributed by atoms with Gasteiger partial charge in [-0.05, 0) is 53.1 Å². The number of carbonyl (C=O) groups is 2. The van der Waals surface area contributed by atoms with E-state index in [9.17, 15) is 14.7 Å². The number of benzene rings is 3. The van der Waals surface area contributed by atoms with Crippen molar-refractivity contribution in [2.45, 2.75) is 18.6 Å². The van der Waals surface area contributed by atoms with E-state index in [4.69, 9.17) is 21.1 Å². The molecule has 0 aromatic heterocycles. The molecule has 1 unspecified atom stereocenters. The first kappa shape index (κ1) is 26.6. The van der Waals surface area contributed by atoms with Gasteiger partial charge in [0.2, 0.25) is 5.91 Å². The summed E-state index contributed by atoms with van der Waals surface area (Å²) in [5, 5.41) is 12.8. The molecule has 0 bridgehead atoms. The third-order valence-electron chi connectivity index (χ3n) is 8.16. The van der Waals surface area contributed by atoms with Gasteiger partial charge in [0, 0.05) is 57.9 Å². The zero-order valence-corrected chi connectivity index (χ0v) is 23.1. The van der Waals surface area contributed by atoms with Crippen molar-refractivity contribution in [3.8, 4) is 22.6 Å². The Balaban J connectivity index is 1.36. The fourth-order valence-corrected chi connectivity index (χ4v) is 6.27. The van der Waals surface area contributed by atoms with Crippen molar-refractivity contribution in [3.05, 3.63) is 66.2 Å². The molecule has 9 heteroatoms. The molecule has 2 saturated heterocycles. The van der Waals surface area contributed by atoms with Gasteiger partial charge >= 0.3 is 0 Å². The molecule has 0 radical (unpaired) electrons. The maximum Gasteiger partial charge on any atom is 0.269 e. The first-order valence-electron chi connectivity index (χ1n) is 13.5. The Morgan fingerprint density at radius 1 is 1.15 bits per heavy atom. The first-order chi connectivity index (χ1) is 19.3. The summed E-state index contributed by atoms with van der Waals surface area (Å²) in [5.74, 6) is 0.627. The van der Waals surface area contributed by atoms with Crippen molar-refractivity contribution in [2.75, 3.05) is 51.3 Å². The summed E-state index contributed by atoms with van der Waals surface area (Å²) in [4.78, 5) is 31.5. The van der Waals surface area contributed by atoms with E-state index >= 15 is 0 Å². The van der Waals surface area contributed by atoms with Crippen molar-refractivity contribution >= 4 is 39.9 Å². The van der Waals surface area contributed by atoms with Crippen LogP contribution in [-0.4, -0.2) is 85.3 Å². The average molecular weight is 562 g/mol. The van der Waals surface area contributed by atoms with Crippen molar-refractivity contribution < 1.29 is 24.2 Å². The van der Waals surface area contributed by atoms with E-state index in [0.29, 0.717) is 48.2 Å². The lowest BCUT2D eigenvalue weighted by atomic mass is 9.95. The molecular formula is C31H32ClN3O5. The second kappa shape index (κ2) is 10.8. The molecule has 3 aromatic carbocycles. The molecule has 6 rings (SSSR count). The largest absolute Gasteiger partial charge is 0.508 e. The SMILES string of the molecule is C=CC(=O)N1CC(CN2C(=O)C(CN3CC[C@@H](OC)C3)Oc3cc(-c4cc(O)cc5ccccc45)c(Cl)cc32)C1. The summed E-state index contributed by atoms with van der Waals surface area (Å²) in [6, 6.07) is 14.9. The fraction of sp³-hybridized carbons (Fsp3) is 0.355. The van der Waals surface area contributed by atoms with Crippen LogP contribution in [0.1, 0.15) is 6.42 Å². The number of hydrogen-bond donors (Lipinski definition) is 1. The molecule has 3 aliphatic rings. The third-order valence-corrected chi connectivity index (χ3v) is 8.47. The van der Waals surface area contributed by atoms with Gasteiger partial charge in [-0.25, -0.2) is 0 Å². The Bertz CT molecular complexity index is 1490. The monoisotopic (exact) mass is 561 g/mol. The molecule has 0 aliphatic carbocycles. The standard InChI is InChI=1S/C31H32ClN3O5/c1-3-30(37)34-14-19(15-34)16-35-27-13-26(32)25(24-11-21(36)10-20-6-4-5-7-23(20)24)12-28(27)40-29(31(35)38)18-33-9-8-22(17-33)39-2/h3-7,10-13,19,22,29,36H,1,8-9,14-18H2,2H3/t22-,29?/m1/s1. The third kappa shape index (κ3) is 4.91. The Labute approximate surface area is 238 Å². The topological polar surface area (TPSA) is 82.6 Å². The van der Waals surface area contributed by atoms with Gasteiger partial charge < -0.3 is 24.4 Å². The quantitative estimate of drug-likeness (QED) is 0.433. The van der Waals surface area contributed by atoms with Crippen LogP contribution in [0.15, 0.2) is 61.2 Å². The van der Waals surface area contributed by atoms with Crippen molar-refractivity contribution in [1.29, 1.82) is 0 Å². The van der Waals surface area contributed by atoms with Crippen LogP contribution >= 0.6 is 11.6 Å². The van der Waals surface area contributed by atoms with Crippen molar-refractivity contribution in [3.63, 3.8) is 0 Å². The number of phenolic OH excluding ortho intramolecular Hbond substituents is 1. The van der Waals surface area contributed by atoms with Gasteiger partial charge in [0.1, 0.15) is 11.5 Å². The fourth-order valence-electron chi connectivity index (χ4n) is 6.01. The van der Waals surface area contributed by atoms with E-state index in [2.05, 4.69) is 11.5 Å². The van der Waals surface area contributed by atoms with Gasteiger partial charge in [-0.1, -0.05) is 42.4 Å². The minimum absolute atomic E-state index is 0.101. The molecule has 1 N–H and O–H groups in total. The van der Waals surface area contributed by atoms with Crippen LogP contribution in [0.2, 0.25) is 5.02 Å². The Morgan fingerprint density at radius 3 is 2.70 bits per heavy atom. The Kier molecular flexibility index (Phi) is 7.16. The van der Waals surface area contributed by atoms with Crippen LogP contribution in [0, 0.1) is 5.92 Å². The predicted octanol–water partition coefficient (Wildman–Crippen LogP) is 4.32. The highest BCUT2D eigenvalue weighted by Gasteiger charge is 2.40. The summed E-state index contributed by atoms with van der Waals surface area (Å²) in [5.41, 5.74) is 2.11. The number of hydrogen-bond acceptors (Lipinski definition) is 6. The van der Waals surface area contributed by atoms with Crippen molar-refractivity contribution in [2.24, 2.45) is 5.92 Å². The number of phenols is 1. The lowest BCUT2D eigenvalue weighted by Crippen LogP contribution is -2.57. The average Bonchev–Trinajstić information content (AvgIpc) is 3.39. The minimum Gasteiger partial charge on any atom is -0.508 e. The maximum absolute atomic E-state index is 13.8. The number of amides is 2. The van der Waals surface area contributed by atoms with Crippen LogP contribution in [0.5, 0.6) is 11.5 Å². The Morgan fingerprint density at radius 2 is 1.95 bits per heavy atom. The Hall–Kier alpha value is -3.59. The van der Waals surface area contributed by atoms with Crippen LogP contribution in [-0.2, 0) is 14.3 Å². The molecule has 2 amide bonds. The number of ether oxygens (including phenoxy) is 2. The molecule has 3 aliphatic heterocycles. The highest BCUT2D eigenvalue weighted by Crippen LogP contribution is 2.45. The molecule has 208 valence electrons. The molecule has 3 heterocycles. The van der Waals surface area contributed by atoms with Gasteiger partial charge in [0.25, 0.3) is 5.91 Å². The van der Waals surface area contributed by atoms with E-state index in [1.807, 2.05) is 30.3 Å². The summed E-state index contributed by atoms with van der Waals surface area (Å²) >= 11 is 6.87. The number of carbonyl (C=O) groups excluding carboxylic acids is 2. The summed E-state index contributed by atoms with van der Waals surface area (Å²) in [6.45, 7) is 7.19. The molecule has 8 nitrogen and oxygen atoms in total. The van der Waals surface area contributed by atoms with E-state index in [-0.39, 0.29) is 29.6 Å². The molecule has 0 spiro atoms. The van der Waals surface area contributed by atoms with Gasteiger partial charge in [0.05, 0.1) is 16.8 Å². The van der Waals surface area contributed by atoms with Crippen LogP contribution in [0.4, 0.5) is 5.69 Å². The number of anilines is 1. The lowest BCUT2D eigenvalue weighted by molar-refractivity contribution is -0.132. The van der Waals surface area contributed by atoms with Gasteiger partial charge in [-0.3, -0.25) is 14.5 Å². The number of likely N-dealkylation sites (tertiary alicyclic amines) is 2. The van der Waals surface area contributed by atoms with Crippen LogP contribution < -0.4 is 9.64 Å². The number of aromatic hydroxyl groups is 1. The second-order valence-electron chi connectivity index (χ2n) is 10.8. The van der Waals surface area contributed by atoms with Gasteiger partial charge in [-0.2, -0.15) is 0 Å². The molecule has 40 heavy (non-hydrogen) atoms. The van der Waals surface area contributed by atoms with Crippen LogP contribution in [0.3, 0.4) is 0 Å². The number of rotatable bonds is 7. The lowest BCUT2D eigenvalue weighted by Gasteiger charge is -2.43. The zero-order chi connectivity index (χ0) is 28.0. The van der Waals surface area contributed by atoms with Gasteiger partial charge in [-0.15, -0.1) is 0 Å². The molecular weight excluding hydrogens is 530 g/mol. The first-order valence-corrected chi connectivity index (χ1v) is 13.9. The zero-order valence-electron chi connectivity index (χ0n) is 22.4. The second-order valence-corrected chi connectivity index (χ2v) is 11.2. The predicted molar refractivity (Wildman–Crippen MR) is 155 cm³/mol. The maximum atomic E-state index is 13.8. The summed E-state index contributed by atoms with van der Waals surface area (Å²) in [7, 11) is 1.71. The highest BCUT2D eigenvalue weighted by atomic mass is 35.5. The summed E-state index contributed by atoms with van der Waals surface area (Å²) < 4.78 is 11.9. The molecule has 2 atom stereocenters. The summed E-state index contributed by atoms with van der Waals surface area (Å²) in [6.07, 6.45) is 1.69. The van der Waals surface area contributed by atoms with Crippen molar-refractivity contribution in [1.82, 2.24) is 9.80 Å². The number of methoxy groups -OCH3 is 1. The van der Waals surface area contributed by atoms with E-state index in [0.717, 1.165) is 35.8 Å². The van der Waals surface area contributed by atoms with E-state index in [1.165, 1.54) is 6.08 Å². The normalized spacial score (nSPS) is 21.3. The number of halogens is 1. The highest BCUT2D eigenvalue weighted by molar-refractivity contribution is 6.34. The smallest absolute Gasteiger partial charge is 0.269 e. The minimum atomic E-state index is -0.691.